The second kappa shape index (κ2) is 6.21. The Balaban J connectivity index is 0.000000437. The molecule has 0 aromatic heterocycles. The highest BCUT2D eigenvalue weighted by Gasteiger charge is 2.11. The second-order valence-corrected chi connectivity index (χ2v) is 2.92. The molecule has 0 saturated carbocycles. The third-order valence-electron chi connectivity index (χ3n) is 1.62. The lowest BCUT2D eigenvalue weighted by atomic mass is 10.2. The smallest absolute Gasteiger partial charge is 0.335 e. The number of rotatable bonds is 2. The second-order valence-electron chi connectivity index (χ2n) is 2.92. The van der Waals surface area contributed by atoms with E-state index in [9.17, 15) is 9.59 Å². The number of aliphatic carboxylic acids is 1. The number of aromatic hydroxyl groups is 3. The molecule has 0 radical (unpaired) electrons. The fourth-order valence-corrected chi connectivity index (χ4v) is 0.728. The van der Waals surface area contributed by atoms with Crippen molar-refractivity contribution in [2.45, 2.75) is 13.3 Å². The first-order chi connectivity index (χ1) is 7.79. The van der Waals surface area contributed by atoms with Crippen molar-refractivity contribution in [3.05, 3.63) is 17.7 Å². The molecule has 7 nitrogen and oxygen atoms in total. The zero-order valence-corrected chi connectivity index (χ0v) is 8.91. The van der Waals surface area contributed by atoms with Gasteiger partial charge in [0.25, 0.3) is 0 Å². The maximum Gasteiger partial charge on any atom is 0.335 e. The zero-order valence-electron chi connectivity index (χ0n) is 8.91. The van der Waals surface area contributed by atoms with Gasteiger partial charge in [-0.1, -0.05) is 6.92 Å². The van der Waals surface area contributed by atoms with E-state index in [0.29, 0.717) is 0 Å². The Kier molecular flexibility index (Phi) is 5.32. The van der Waals surface area contributed by atoms with E-state index in [-0.39, 0.29) is 12.0 Å². The van der Waals surface area contributed by atoms with Gasteiger partial charge in [0.1, 0.15) is 0 Å². The summed E-state index contributed by atoms with van der Waals surface area (Å²) in [5.41, 5.74) is -0.289. The van der Waals surface area contributed by atoms with Crippen molar-refractivity contribution >= 4 is 11.9 Å². The van der Waals surface area contributed by atoms with Gasteiger partial charge in [-0.05, 0) is 12.1 Å². The minimum absolute atomic E-state index is 0.222. The van der Waals surface area contributed by atoms with E-state index in [1.165, 1.54) is 0 Å². The van der Waals surface area contributed by atoms with E-state index < -0.39 is 29.2 Å². The van der Waals surface area contributed by atoms with Crippen molar-refractivity contribution in [1.29, 1.82) is 0 Å². The molecule has 0 aliphatic rings. The quantitative estimate of drug-likeness (QED) is 0.489. The number of hydrogen-bond acceptors (Lipinski definition) is 5. The molecule has 0 atom stereocenters. The minimum Gasteiger partial charge on any atom is -0.504 e. The molecular weight excluding hydrogens is 232 g/mol. The molecule has 0 spiro atoms. The van der Waals surface area contributed by atoms with Crippen molar-refractivity contribution < 1.29 is 35.1 Å². The molecule has 0 heterocycles. The molecular formula is C10H12O7. The number of carbonyl (C=O) groups is 2. The predicted octanol–water partition coefficient (Wildman–Crippen LogP) is 0.983. The lowest BCUT2D eigenvalue weighted by molar-refractivity contribution is -0.136. The minimum atomic E-state index is -1.29. The highest BCUT2D eigenvalue weighted by atomic mass is 16.4. The molecule has 5 N–H and O–H groups in total. The molecule has 94 valence electrons. The molecule has 1 aromatic carbocycles. The average Bonchev–Trinajstić information content (AvgIpc) is 2.25. The maximum atomic E-state index is 10.3. The fraction of sp³-hybridized carbons (Fsp3) is 0.200. The molecule has 7 heteroatoms. The summed E-state index contributed by atoms with van der Waals surface area (Å²) in [4.78, 5) is 19.7. The summed E-state index contributed by atoms with van der Waals surface area (Å²) in [6.07, 6.45) is 0.222. The lowest BCUT2D eigenvalue weighted by Gasteiger charge is -2.01. The van der Waals surface area contributed by atoms with Gasteiger partial charge in [0.15, 0.2) is 17.2 Å². The molecule has 0 fully saturated rings. The summed E-state index contributed by atoms with van der Waals surface area (Å²) in [6.45, 7) is 1.60. The molecule has 0 aliphatic carbocycles. The first-order valence-corrected chi connectivity index (χ1v) is 4.49. The van der Waals surface area contributed by atoms with Crippen LogP contribution in [0.25, 0.3) is 0 Å². The molecule has 0 aliphatic heterocycles. The molecule has 0 saturated heterocycles. The predicted molar refractivity (Wildman–Crippen MR) is 56.3 cm³/mol. The van der Waals surface area contributed by atoms with Crippen LogP contribution in [0, 0.1) is 0 Å². The van der Waals surface area contributed by atoms with Gasteiger partial charge in [0.2, 0.25) is 0 Å². The van der Waals surface area contributed by atoms with Gasteiger partial charge in [0.05, 0.1) is 5.56 Å². The van der Waals surface area contributed by atoms with Crippen LogP contribution in [0.2, 0.25) is 0 Å². The summed E-state index contributed by atoms with van der Waals surface area (Å²) < 4.78 is 0. The van der Waals surface area contributed by atoms with Crippen LogP contribution >= 0.6 is 0 Å². The Morgan fingerprint density at radius 2 is 1.41 bits per heavy atom. The van der Waals surface area contributed by atoms with Gasteiger partial charge in [0, 0.05) is 6.42 Å². The summed E-state index contributed by atoms with van der Waals surface area (Å²) in [5, 5.41) is 42.7. The van der Waals surface area contributed by atoms with Crippen LogP contribution in [0.15, 0.2) is 12.1 Å². The number of benzene rings is 1. The van der Waals surface area contributed by atoms with Crippen LogP contribution in [0.3, 0.4) is 0 Å². The van der Waals surface area contributed by atoms with E-state index in [2.05, 4.69) is 0 Å². The van der Waals surface area contributed by atoms with Crippen molar-refractivity contribution in [2.24, 2.45) is 0 Å². The first kappa shape index (κ1) is 14.6. The molecule has 1 aromatic rings. The molecule has 0 amide bonds. The third kappa shape index (κ3) is 4.74. The first-order valence-electron chi connectivity index (χ1n) is 4.49. The Bertz CT molecular complexity index is 402. The topological polar surface area (TPSA) is 135 Å². The fourth-order valence-electron chi connectivity index (χ4n) is 0.728. The van der Waals surface area contributed by atoms with Crippen LogP contribution in [0.5, 0.6) is 17.2 Å². The van der Waals surface area contributed by atoms with Gasteiger partial charge in [-0.3, -0.25) is 4.79 Å². The number of carboxylic acids is 2. The van der Waals surface area contributed by atoms with Crippen LogP contribution in [-0.2, 0) is 4.79 Å². The molecule has 1 rings (SSSR count). The van der Waals surface area contributed by atoms with E-state index in [0.717, 1.165) is 12.1 Å². The third-order valence-corrected chi connectivity index (χ3v) is 1.62. The van der Waals surface area contributed by atoms with Crippen LogP contribution in [-0.4, -0.2) is 37.5 Å². The van der Waals surface area contributed by atoms with Crippen molar-refractivity contribution in [3.63, 3.8) is 0 Å². The average molecular weight is 244 g/mol. The van der Waals surface area contributed by atoms with E-state index >= 15 is 0 Å². The zero-order chi connectivity index (χ0) is 13.6. The Morgan fingerprint density at radius 1 is 1.06 bits per heavy atom. The van der Waals surface area contributed by atoms with Crippen molar-refractivity contribution in [1.82, 2.24) is 0 Å². The van der Waals surface area contributed by atoms with E-state index in [1.807, 2.05) is 0 Å². The number of phenols is 3. The van der Waals surface area contributed by atoms with Crippen LogP contribution in [0.4, 0.5) is 0 Å². The molecule has 0 unspecified atom stereocenters. The Morgan fingerprint density at radius 3 is 1.65 bits per heavy atom. The number of hydrogen-bond donors (Lipinski definition) is 5. The number of aromatic carboxylic acids is 1. The summed E-state index contributed by atoms with van der Waals surface area (Å²) in [5.74, 6) is -4.08. The largest absolute Gasteiger partial charge is 0.504 e. The number of phenolic OH excluding ortho intramolecular Hbond substituents is 3. The van der Waals surface area contributed by atoms with Gasteiger partial charge in [-0.15, -0.1) is 0 Å². The lowest BCUT2D eigenvalue weighted by Crippen LogP contribution is -1.95. The van der Waals surface area contributed by atoms with Gasteiger partial charge in [-0.2, -0.15) is 0 Å². The van der Waals surface area contributed by atoms with Gasteiger partial charge >= 0.3 is 11.9 Å². The van der Waals surface area contributed by atoms with E-state index in [1.54, 1.807) is 6.92 Å². The van der Waals surface area contributed by atoms with Gasteiger partial charge < -0.3 is 25.5 Å². The van der Waals surface area contributed by atoms with E-state index in [4.69, 9.17) is 25.5 Å². The maximum absolute atomic E-state index is 10.3. The monoisotopic (exact) mass is 244 g/mol. The SMILES string of the molecule is CCC(=O)O.O=C(O)c1cc(O)c(O)c(O)c1. The van der Waals surface area contributed by atoms with Crippen molar-refractivity contribution in [2.75, 3.05) is 0 Å². The highest BCUT2D eigenvalue weighted by Crippen LogP contribution is 2.35. The number of carboxylic acid groups (broad SMARTS) is 2. The normalized spacial score (nSPS) is 9.00. The summed E-state index contributed by atoms with van der Waals surface area (Å²) >= 11 is 0. The highest BCUT2D eigenvalue weighted by molar-refractivity contribution is 5.89. The van der Waals surface area contributed by atoms with Crippen LogP contribution < -0.4 is 0 Å². The van der Waals surface area contributed by atoms with Gasteiger partial charge in [-0.25, -0.2) is 4.79 Å². The standard InChI is InChI=1S/C7H6O5.C3H6O2/c8-4-1-3(7(11)12)2-5(9)6(4)10;1-2-3(4)5/h1-2,8-10H,(H,11,12);2H2,1H3,(H,4,5). The molecule has 17 heavy (non-hydrogen) atoms. The summed E-state index contributed by atoms with van der Waals surface area (Å²) in [7, 11) is 0. The Labute approximate surface area is 96.2 Å². The van der Waals surface area contributed by atoms with Crippen molar-refractivity contribution in [3.8, 4) is 17.2 Å². The van der Waals surface area contributed by atoms with Crippen LogP contribution in [0.1, 0.15) is 23.7 Å². The molecule has 0 bridgehead atoms. The Hall–Kier alpha value is -2.44. The summed E-state index contributed by atoms with van der Waals surface area (Å²) in [6, 6.07) is 1.69.